The molecule has 0 saturated carbocycles. The van der Waals surface area contributed by atoms with Gasteiger partial charge >= 0.3 is 11.9 Å². The Balaban J connectivity index is 1.65. The Morgan fingerprint density at radius 3 is 2.49 bits per heavy atom. The van der Waals surface area contributed by atoms with E-state index in [1.54, 1.807) is 25.3 Å². The molecule has 3 bridgehead atoms. The average molecular weight is 579 g/mol. The molecule has 0 amide bonds. The molecule has 3 heterocycles. The quantitative estimate of drug-likeness (QED) is 0.407. The number of methoxy groups -OCH3 is 1. The Morgan fingerprint density at radius 1 is 1.10 bits per heavy atom. The van der Waals surface area contributed by atoms with E-state index in [1.165, 1.54) is 0 Å². The van der Waals surface area contributed by atoms with Crippen molar-refractivity contribution in [3.05, 3.63) is 29.8 Å². The van der Waals surface area contributed by atoms with Gasteiger partial charge < -0.3 is 39.0 Å². The van der Waals surface area contributed by atoms with E-state index < -0.39 is 66.2 Å². The molecule has 1 spiro atoms. The number of aliphatic hydroxyl groups excluding tert-OH is 1. The molecule has 10 nitrogen and oxygen atoms in total. The van der Waals surface area contributed by atoms with Gasteiger partial charge in [0, 0.05) is 30.8 Å². The summed E-state index contributed by atoms with van der Waals surface area (Å²) in [4.78, 5) is 25.8. The molecule has 0 aromatic heterocycles. The summed E-state index contributed by atoms with van der Waals surface area (Å²) in [7, 11) is 1.64. The summed E-state index contributed by atoms with van der Waals surface area (Å²) >= 11 is 0. The van der Waals surface area contributed by atoms with E-state index in [0.717, 1.165) is 5.56 Å². The predicted octanol–water partition coefficient (Wildman–Crippen LogP) is 4.00. The van der Waals surface area contributed by atoms with Gasteiger partial charge in [0.15, 0.2) is 11.6 Å². The van der Waals surface area contributed by atoms with Crippen LogP contribution in [-0.4, -0.2) is 70.9 Å². The van der Waals surface area contributed by atoms with Crippen molar-refractivity contribution in [2.75, 3.05) is 13.7 Å². The summed E-state index contributed by atoms with van der Waals surface area (Å²) in [6.07, 6.45) is -1.06. The Kier molecular flexibility index (Phi) is 9.40. The van der Waals surface area contributed by atoms with Crippen molar-refractivity contribution in [2.24, 2.45) is 23.2 Å². The molecule has 0 unspecified atom stereocenters. The fourth-order valence-corrected chi connectivity index (χ4v) is 6.84. The molecule has 0 radical (unpaired) electrons. The molecule has 0 aliphatic carbocycles. The zero-order valence-corrected chi connectivity index (χ0v) is 25.0. The monoisotopic (exact) mass is 578 g/mol. The molecule has 1 aromatic rings. The number of hydrogen-bond donors (Lipinski definition) is 3. The number of aromatic hydroxyl groups is 1. The summed E-state index contributed by atoms with van der Waals surface area (Å²) < 4.78 is 30.4. The summed E-state index contributed by atoms with van der Waals surface area (Å²) in [6.45, 7) is 9.35. The first-order chi connectivity index (χ1) is 19.2. The number of esters is 2. The van der Waals surface area contributed by atoms with Crippen LogP contribution in [-0.2, 0) is 33.3 Å². The highest BCUT2D eigenvalue weighted by atomic mass is 16.8. The average Bonchev–Trinajstić information content (AvgIpc) is 2.88. The molecule has 230 valence electrons. The van der Waals surface area contributed by atoms with Crippen molar-refractivity contribution in [1.82, 2.24) is 0 Å². The number of cyclic esters (lactones) is 1. The van der Waals surface area contributed by atoms with Crippen LogP contribution in [0.3, 0.4) is 0 Å². The lowest BCUT2D eigenvalue weighted by Crippen LogP contribution is -2.68. The number of carbonyl (C=O) groups is 2. The van der Waals surface area contributed by atoms with Crippen LogP contribution in [0.5, 0.6) is 5.75 Å². The molecule has 4 rings (SSSR count). The normalized spacial score (nSPS) is 37.1. The zero-order chi connectivity index (χ0) is 30.2. The lowest BCUT2D eigenvalue weighted by molar-refractivity contribution is -0.451. The highest BCUT2D eigenvalue weighted by Crippen LogP contribution is 2.57. The SMILES string of the molecule is CO[C@@H](CC[C@H](C)[C@@H]1O[C@@]23C[C@@H](OC(=O)C[C@H](CO)OC(=O)C[C@@](O)(O2)[C@@H](C)CC3(C)C)[C@@H]1C)c1cccc(O)c1. The maximum absolute atomic E-state index is 13.0. The van der Waals surface area contributed by atoms with Crippen LogP contribution in [0.4, 0.5) is 0 Å². The highest BCUT2D eigenvalue weighted by molar-refractivity contribution is 5.73. The topological polar surface area (TPSA) is 141 Å². The lowest BCUT2D eigenvalue weighted by Gasteiger charge is -2.61. The third-order valence-electron chi connectivity index (χ3n) is 9.41. The van der Waals surface area contributed by atoms with Gasteiger partial charge in [-0.2, -0.15) is 0 Å². The molecule has 9 atom stereocenters. The van der Waals surface area contributed by atoms with Crippen molar-refractivity contribution in [1.29, 1.82) is 0 Å². The second-order valence-corrected chi connectivity index (χ2v) is 12.9. The first-order valence-corrected chi connectivity index (χ1v) is 14.6. The van der Waals surface area contributed by atoms with Gasteiger partial charge in [-0.1, -0.05) is 46.8 Å². The van der Waals surface area contributed by atoms with Gasteiger partial charge in [-0.3, -0.25) is 9.59 Å². The molecular weight excluding hydrogens is 532 g/mol. The molecule has 10 heteroatoms. The standard InChI is InChI=1S/C31H46O10/c1-18(10-11-24(37-6)21-8-7-9-22(33)12-21)28-20(3)25-15-31(40-28)29(4,5)14-19(2)30(36,41-31)16-27(35)38-23(17-32)13-26(34)39-25/h7-9,12,18-20,23-25,28,32-33,36H,10-11,13-17H2,1-6H3/t18-,19-,20-,23+,24-,25+,28-,30+,31-/m0/s1. The fourth-order valence-electron chi connectivity index (χ4n) is 6.84. The van der Waals surface area contributed by atoms with E-state index in [1.807, 2.05) is 33.8 Å². The molecule has 3 N–H and O–H groups in total. The van der Waals surface area contributed by atoms with Gasteiger partial charge in [-0.25, -0.2) is 0 Å². The number of benzene rings is 1. The summed E-state index contributed by atoms with van der Waals surface area (Å²) in [5.74, 6) is -5.07. The zero-order valence-electron chi connectivity index (χ0n) is 25.0. The molecule has 3 aliphatic heterocycles. The number of carbonyl (C=O) groups excluding carboxylic acids is 2. The Hall–Kier alpha value is -2.24. The van der Waals surface area contributed by atoms with Crippen LogP contribution in [0, 0.1) is 23.2 Å². The van der Waals surface area contributed by atoms with E-state index in [9.17, 15) is 24.9 Å². The van der Waals surface area contributed by atoms with Crippen molar-refractivity contribution in [3.8, 4) is 5.75 Å². The van der Waals surface area contributed by atoms with Crippen LogP contribution in [0.15, 0.2) is 24.3 Å². The summed E-state index contributed by atoms with van der Waals surface area (Å²) in [5.41, 5.74) is 0.274. The van der Waals surface area contributed by atoms with Crippen molar-refractivity contribution in [3.63, 3.8) is 0 Å². The second-order valence-electron chi connectivity index (χ2n) is 12.9. The number of hydrogen-bond acceptors (Lipinski definition) is 10. The summed E-state index contributed by atoms with van der Waals surface area (Å²) in [5, 5.41) is 31.4. The van der Waals surface area contributed by atoms with Gasteiger partial charge in [-0.05, 0) is 42.9 Å². The minimum absolute atomic E-state index is 0.0340. The van der Waals surface area contributed by atoms with Crippen molar-refractivity contribution < 1.29 is 48.6 Å². The predicted molar refractivity (Wildman–Crippen MR) is 147 cm³/mol. The van der Waals surface area contributed by atoms with Gasteiger partial charge in [0.25, 0.3) is 0 Å². The van der Waals surface area contributed by atoms with E-state index in [0.29, 0.717) is 19.3 Å². The number of rotatable bonds is 7. The van der Waals surface area contributed by atoms with Gasteiger partial charge in [-0.15, -0.1) is 0 Å². The number of phenolic OH excluding ortho intramolecular Hbond substituents is 1. The Labute approximate surface area is 242 Å². The lowest BCUT2D eigenvalue weighted by atomic mass is 9.66. The second kappa shape index (κ2) is 12.2. The number of ether oxygens (including phenoxy) is 5. The van der Waals surface area contributed by atoms with E-state index in [2.05, 4.69) is 6.92 Å². The smallest absolute Gasteiger partial charge is 0.311 e. The van der Waals surface area contributed by atoms with Crippen LogP contribution in [0.25, 0.3) is 0 Å². The van der Waals surface area contributed by atoms with E-state index in [4.69, 9.17) is 23.7 Å². The van der Waals surface area contributed by atoms with Crippen LogP contribution < -0.4 is 0 Å². The number of fused-ring (bicyclic) bond motifs is 2. The Bertz CT molecular complexity index is 1090. The minimum atomic E-state index is -1.87. The van der Waals surface area contributed by atoms with Crippen LogP contribution in [0.1, 0.15) is 84.8 Å². The first kappa shape index (κ1) is 31.7. The molecule has 3 fully saturated rings. The maximum Gasteiger partial charge on any atom is 0.311 e. The maximum atomic E-state index is 13.0. The van der Waals surface area contributed by atoms with Crippen LogP contribution >= 0.6 is 0 Å². The van der Waals surface area contributed by atoms with Crippen molar-refractivity contribution in [2.45, 2.75) is 109 Å². The molecule has 3 saturated heterocycles. The van der Waals surface area contributed by atoms with E-state index in [-0.39, 0.29) is 36.5 Å². The molecule has 1 aromatic carbocycles. The largest absolute Gasteiger partial charge is 0.508 e. The third-order valence-corrected chi connectivity index (χ3v) is 9.41. The number of phenols is 1. The van der Waals surface area contributed by atoms with Crippen LogP contribution in [0.2, 0.25) is 0 Å². The fraction of sp³-hybridized carbons (Fsp3) is 0.742. The van der Waals surface area contributed by atoms with Gasteiger partial charge in [0.05, 0.1) is 31.7 Å². The highest BCUT2D eigenvalue weighted by Gasteiger charge is 2.64. The minimum Gasteiger partial charge on any atom is -0.508 e. The first-order valence-electron chi connectivity index (χ1n) is 14.6. The molecule has 3 aliphatic rings. The molecule has 41 heavy (non-hydrogen) atoms. The third kappa shape index (κ3) is 6.57. The van der Waals surface area contributed by atoms with E-state index >= 15 is 0 Å². The van der Waals surface area contributed by atoms with Crippen molar-refractivity contribution >= 4 is 11.9 Å². The summed E-state index contributed by atoms with van der Waals surface area (Å²) in [6, 6.07) is 7.01. The Morgan fingerprint density at radius 2 is 1.83 bits per heavy atom. The number of aliphatic hydroxyl groups is 2. The molecular formula is C31H46O10. The van der Waals surface area contributed by atoms with Gasteiger partial charge in [0.1, 0.15) is 18.0 Å². The van der Waals surface area contributed by atoms with Gasteiger partial charge in [0.2, 0.25) is 0 Å².